The fourth-order valence-corrected chi connectivity index (χ4v) is 0.488. The molecule has 0 aromatic heterocycles. The van der Waals surface area contributed by atoms with E-state index in [1.165, 1.54) is 13.8 Å². The van der Waals surface area contributed by atoms with Crippen LogP contribution in [0.1, 0.15) is 13.8 Å². The highest BCUT2D eigenvalue weighted by molar-refractivity contribution is 5.72. The Hall–Kier alpha value is -1.51. The third-order valence-corrected chi connectivity index (χ3v) is 0.937. The van der Waals surface area contributed by atoms with Gasteiger partial charge in [0.2, 0.25) is 0 Å². The van der Waals surface area contributed by atoms with Crippen LogP contribution in [0.15, 0.2) is 24.3 Å². The number of aromatic hydroxyl groups is 1. The Kier molecular flexibility index (Phi) is 4.53. The summed E-state index contributed by atoms with van der Waals surface area (Å²) in [4.78, 5) is 9.44. The van der Waals surface area contributed by atoms with Crippen molar-refractivity contribution >= 4 is 11.5 Å². The van der Waals surface area contributed by atoms with Crippen molar-refractivity contribution in [3.8, 4) is 5.75 Å². The van der Waals surface area contributed by atoms with Crippen LogP contribution in [0, 0.1) is 0 Å². The van der Waals surface area contributed by atoms with E-state index in [-0.39, 0.29) is 11.5 Å². The molecule has 0 unspecified atom stereocenters. The first-order valence-electron chi connectivity index (χ1n) is 3.54. The highest BCUT2D eigenvalue weighted by Crippen LogP contribution is 2.16. The van der Waals surface area contributed by atoms with Crippen LogP contribution in [-0.2, 0) is 4.79 Å². The number of nitrogen functional groups attached to an aromatic ring is 1. The summed E-state index contributed by atoms with van der Waals surface area (Å²) in [6.45, 7) is 3.06. The van der Waals surface area contributed by atoms with Gasteiger partial charge in [-0.05, 0) is 26.0 Å². The van der Waals surface area contributed by atoms with Crippen LogP contribution >= 0.6 is 0 Å². The second-order valence-corrected chi connectivity index (χ2v) is 2.47. The predicted molar refractivity (Wildman–Crippen MR) is 48.9 cm³/mol. The molecular formula is C9H13NO2. The Bertz CT molecular complexity index is 233. The molecule has 3 N–H and O–H groups in total. The number of anilines is 1. The lowest BCUT2D eigenvalue weighted by molar-refractivity contribution is -0.114. The molecular weight excluding hydrogens is 154 g/mol. The molecule has 0 saturated carbocycles. The number of benzene rings is 1. The number of para-hydroxylation sites is 2. The minimum Gasteiger partial charge on any atom is -0.506 e. The van der Waals surface area contributed by atoms with Gasteiger partial charge in [-0.3, -0.25) is 0 Å². The standard InChI is InChI=1S/C6H7NO.C3H6O/c7-5-3-1-2-4-6(5)8;1-3(2)4/h1-4,8H,7H2;1-2H3. The molecule has 3 nitrogen and oxygen atoms in total. The first kappa shape index (κ1) is 10.5. The Labute approximate surface area is 71.8 Å². The van der Waals surface area contributed by atoms with Gasteiger partial charge in [-0.15, -0.1) is 0 Å². The molecule has 0 amide bonds. The van der Waals surface area contributed by atoms with E-state index < -0.39 is 0 Å². The Morgan fingerprint density at radius 2 is 1.75 bits per heavy atom. The van der Waals surface area contributed by atoms with Crippen LogP contribution in [0.3, 0.4) is 0 Å². The van der Waals surface area contributed by atoms with E-state index >= 15 is 0 Å². The Morgan fingerprint density at radius 1 is 1.33 bits per heavy atom. The number of phenolic OH excluding ortho intramolecular Hbond substituents is 1. The van der Waals surface area contributed by atoms with Crippen LogP contribution in [0.2, 0.25) is 0 Å². The highest BCUT2D eigenvalue weighted by Gasteiger charge is 1.87. The molecule has 1 aromatic carbocycles. The summed E-state index contributed by atoms with van der Waals surface area (Å²) < 4.78 is 0. The molecule has 66 valence electrons. The summed E-state index contributed by atoms with van der Waals surface area (Å²) in [6.07, 6.45) is 0. The number of hydrogen-bond acceptors (Lipinski definition) is 3. The lowest BCUT2D eigenvalue weighted by Crippen LogP contribution is -1.82. The summed E-state index contributed by atoms with van der Waals surface area (Å²) in [5.74, 6) is 0.313. The van der Waals surface area contributed by atoms with Gasteiger partial charge in [-0.1, -0.05) is 12.1 Å². The van der Waals surface area contributed by atoms with Gasteiger partial charge in [0.25, 0.3) is 0 Å². The zero-order chi connectivity index (χ0) is 9.56. The molecule has 0 heterocycles. The third kappa shape index (κ3) is 5.29. The lowest BCUT2D eigenvalue weighted by Gasteiger charge is -1.92. The van der Waals surface area contributed by atoms with E-state index in [0.717, 1.165) is 0 Å². The molecule has 0 fully saturated rings. The molecule has 0 radical (unpaired) electrons. The maximum atomic E-state index is 9.44. The smallest absolute Gasteiger partial charge is 0.138 e. The number of hydrogen-bond donors (Lipinski definition) is 2. The van der Waals surface area contributed by atoms with Crippen LogP contribution in [0.5, 0.6) is 5.75 Å². The minimum absolute atomic E-state index is 0.146. The number of ketones is 1. The molecule has 1 rings (SSSR count). The molecule has 0 atom stereocenters. The fourth-order valence-electron chi connectivity index (χ4n) is 0.488. The lowest BCUT2D eigenvalue weighted by atomic mass is 10.3. The van der Waals surface area contributed by atoms with E-state index in [4.69, 9.17) is 10.8 Å². The summed E-state index contributed by atoms with van der Waals surface area (Å²) in [5.41, 5.74) is 5.69. The number of rotatable bonds is 0. The van der Waals surface area contributed by atoms with Crippen molar-refractivity contribution in [2.24, 2.45) is 0 Å². The maximum absolute atomic E-state index is 9.44. The van der Waals surface area contributed by atoms with Gasteiger partial charge < -0.3 is 15.6 Å². The van der Waals surface area contributed by atoms with E-state index in [2.05, 4.69) is 0 Å². The molecule has 12 heavy (non-hydrogen) atoms. The zero-order valence-corrected chi connectivity index (χ0v) is 7.24. The first-order chi connectivity index (χ1) is 5.54. The quantitative estimate of drug-likeness (QED) is 0.455. The van der Waals surface area contributed by atoms with Gasteiger partial charge in [0.1, 0.15) is 11.5 Å². The second-order valence-electron chi connectivity index (χ2n) is 2.47. The zero-order valence-electron chi connectivity index (χ0n) is 7.24. The largest absolute Gasteiger partial charge is 0.506 e. The van der Waals surface area contributed by atoms with Gasteiger partial charge >= 0.3 is 0 Å². The maximum Gasteiger partial charge on any atom is 0.138 e. The van der Waals surface area contributed by atoms with Crippen molar-refractivity contribution in [2.45, 2.75) is 13.8 Å². The SMILES string of the molecule is CC(C)=O.Nc1ccccc1O. The van der Waals surface area contributed by atoms with E-state index in [0.29, 0.717) is 5.69 Å². The molecule has 0 saturated heterocycles. The Morgan fingerprint density at radius 3 is 2.00 bits per heavy atom. The number of Topliss-reactive ketones (excluding diaryl/α,β-unsaturated/α-hetero) is 1. The molecule has 1 aromatic rings. The summed E-state index contributed by atoms with van der Waals surface area (Å²) in [6, 6.07) is 6.70. The minimum atomic E-state index is 0.146. The Balaban J connectivity index is 0.000000261. The van der Waals surface area contributed by atoms with Crippen LogP contribution in [-0.4, -0.2) is 10.9 Å². The van der Waals surface area contributed by atoms with Crippen molar-refractivity contribution in [1.29, 1.82) is 0 Å². The van der Waals surface area contributed by atoms with Gasteiger partial charge in [0.05, 0.1) is 5.69 Å². The normalized spacial score (nSPS) is 8.17. The number of nitrogens with two attached hydrogens (primary N) is 1. The van der Waals surface area contributed by atoms with Gasteiger partial charge in [0.15, 0.2) is 0 Å². The van der Waals surface area contributed by atoms with Crippen molar-refractivity contribution in [3.63, 3.8) is 0 Å². The average molecular weight is 167 g/mol. The van der Waals surface area contributed by atoms with Crippen LogP contribution < -0.4 is 5.73 Å². The van der Waals surface area contributed by atoms with Crippen molar-refractivity contribution < 1.29 is 9.90 Å². The summed E-state index contributed by atoms with van der Waals surface area (Å²) in [5, 5.41) is 8.79. The first-order valence-corrected chi connectivity index (χ1v) is 3.54. The second kappa shape index (κ2) is 5.18. The highest BCUT2D eigenvalue weighted by atomic mass is 16.3. The fraction of sp³-hybridized carbons (Fsp3) is 0.222. The predicted octanol–water partition coefficient (Wildman–Crippen LogP) is 1.57. The average Bonchev–Trinajstić information content (AvgIpc) is 1.94. The number of carbonyl (C=O) groups excluding carboxylic acids is 1. The van der Waals surface area contributed by atoms with Crippen LogP contribution in [0.4, 0.5) is 5.69 Å². The number of carbonyl (C=O) groups is 1. The monoisotopic (exact) mass is 167 g/mol. The van der Waals surface area contributed by atoms with Gasteiger partial charge in [0, 0.05) is 0 Å². The van der Waals surface area contributed by atoms with E-state index in [9.17, 15) is 4.79 Å². The van der Waals surface area contributed by atoms with Crippen molar-refractivity contribution in [1.82, 2.24) is 0 Å². The molecule has 3 heteroatoms. The molecule has 0 aliphatic carbocycles. The molecule has 0 aliphatic heterocycles. The summed E-state index contributed by atoms with van der Waals surface area (Å²) >= 11 is 0. The summed E-state index contributed by atoms with van der Waals surface area (Å²) in [7, 11) is 0. The van der Waals surface area contributed by atoms with E-state index in [1.54, 1.807) is 24.3 Å². The molecule has 0 spiro atoms. The number of phenols is 1. The van der Waals surface area contributed by atoms with Gasteiger partial charge in [-0.2, -0.15) is 0 Å². The van der Waals surface area contributed by atoms with E-state index in [1.807, 2.05) is 0 Å². The van der Waals surface area contributed by atoms with Gasteiger partial charge in [-0.25, -0.2) is 0 Å². The van der Waals surface area contributed by atoms with Crippen LogP contribution in [0.25, 0.3) is 0 Å². The molecule has 0 bridgehead atoms. The third-order valence-electron chi connectivity index (χ3n) is 0.937. The van der Waals surface area contributed by atoms with Crippen molar-refractivity contribution in [3.05, 3.63) is 24.3 Å². The molecule has 0 aliphatic rings. The van der Waals surface area contributed by atoms with Crippen molar-refractivity contribution in [2.75, 3.05) is 5.73 Å². The topological polar surface area (TPSA) is 63.3 Å².